The van der Waals surface area contributed by atoms with Gasteiger partial charge in [-0.2, -0.15) is 5.10 Å². The summed E-state index contributed by atoms with van der Waals surface area (Å²) in [7, 11) is 0. The first-order valence-electron chi connectivity index (χ1n) is 8.02. The van der Waals surface area contributed by atoms with E-state index in [1.807, 2.05) is 54.6 Å². The lowest BCUT2D eigenvalue weighted by atomic mass is 10.2. The summed E-state index contributed by atoms with van der Waals surface area (Å²) in [6.07, 6.45) is 0.118. The number of carbonyl (C=O) groups is 2. The van der Waals surface area contributed by atoms with E-state index in [1.54, 1.807) is 6.92 Å². The molecule has 0 radical (unpaired) electrons. The molecular weight excluding hydrogens is 370 g/mol. The summed E-state index contributed by atoms with van der Waals surface area (Å²) >= 11 is 7.32. The van der Waals surface area contributed by atoms with E-state index in [0.717, 1.165) is 11.3 Å². The third kappa shape index (κ3) is 7.72. The third-order valence-corrected chi connectivity index (χ3v) is 4.52. The van der Waals surface area contributed by atoms with Crippen LogP contribution in [-0.2, 0) is 15.3 Å². The van der Waals surface area contributed by atoms with Gasteiger partial charge in [-0.25, -0.2) is 5.43 Å². The van der Waals surface area contributed by atoms with Crippen molar-refractivity contribution in [3.63, 3.8) is 0 Å². The number of hydrogen-bond donors (Lipinski definition) is 2. The van der Waals surface area contributed by atoms with E-state index in [1.165, 1.54) is 11.8 Å². The molecule has 7 heteroatoms. The van der Waals surface area contributed by atoms with Gasteiger partial charge in [0.05, 0.1) is 12.2 Å². The number of amides is 2. The van der Waals surface area contributed by atoms with Crippen molar-refractivity contribution in [3.8, 4) is 0 Å². The zero-order valence-corrected chi connectivity index (χ0v) is 15.9. The minimum atomic E-state index is -0.202. The Hall–Kier alpha value is -2.31. The molecule has 26 heavy (non-hydrogen) atoms. The van der Waals surface area contributed by atoms with Crippen molar-refractivity contribution < 1.29 is 9.59 Å². The first-order valence-corrected chi connectivity index (χ1v) is 9.55. The van der Waals surface area contributed by atoms with Crippen molar-refractivity contribution in [1.29, 1.82) is 0 Å². The van der Waals surface area contributed by atoms with Crippen LogP contribution in [0.4, 0.5) is 5.69 Å². The predicted molar refractivity (Wildman–Crippen MR) is 109 cm³/mol. The second-order valence-corrected chi connectivity index (χ2v) is 7.01. The number of benzene rings is 2. The van der Waals surface area contributed by atoms with Gasteiger partial charge in [-0.15, -0.1) is 11.8 Å². The van der Waals surface area contributed by atoms with Crippen molar-refractivity contribution >= 4 is 46.6 Å². The Balaban J connectivity index is 1.67. The lowest BCUT2D eigenvalue weighted by molar-refractivity contribution is -0.118. The second kappa shape index (κ2) is 10.6. The Bertz CT molecular complexity index is 764. The van der Waals surface area contributed by atoms with Crippen molar-refractivity contribution in [2.24, 2.45) is 5.10 Å². The van der Waals surface area contributed by atoms with Gasteiger partial charge in [0.2, 0.25) is 11.8 Å². The predicted octanol–water partition coefficient (Wildman–Crippen LogP) is 4.09. The van der Waals surface area contributed by atoms with E-state index in [-0.39, 0.29) is 24.0 Å². The molecule has 136 valence electrons. The number of carbonyl (C=O) groups excluding carboxylic acids is 2. The van der Waals surface area contributed by atoms with E-state index >= 15 is 0 Å². The SMILES string of the molecule is C/C(CC(=O)Nc1ccccc1)=N/NC(=O)CSCc1ccc(Cl)cc1. The molecule has 0 spiro atoms. The van der Waals surface area contributed by atoms with E-state index in [0.29, 0.717) is 16.5 Å². The highest BCUT2D eigenvalue weighted by atomic mass is 35.5. The molecular formula is C19H20ClN3O2S. The van der Waals surface area contributed by atoms with Crippen LogP contribution in [0.2, 0.25) is 5.02 Å². The maximum absolute atomic E-state index is 11.9. The van der Waals surface area contributed by atoms with E-state index in [4.69, 9.17) is 11.6 Å². The number of hydrogen-bond acceptors (Lipinski definition) is 4. The fourth-order valence-corrected chi connectivity index (χ4v) is 2.94. The lowest BCUT2D eigenvalue weighted by Crippen LogP contribution is -2.22. The molecule has 2 rings (SSSR count). The number of nitrogens with zero attached hydrogens (tertiary/aromatic N) is 1. The topological polar surface area (TPSA) is 70.6 Å². The van der Waals surface area contributed by atoms with Gasteiger partial charge in [-0.05, 0) is 36.8 Å². The molecule has 2 N–H and O–H groups in total. The van der Waals surface area contributed by atoms with Crippen LogP contribution in [0.3, 0.4) is 0 Å². The molecule has 0 aromatic heterocycles. The molecule has 0 saturated heterocycles. The standard InChI is InChI=1S/C19H20ClN3O2S/c1-14(11-18(24)21-17-5-3-2-4-6-17)22-23-19(25)13-26-12-15-7-9-16(20)10-8-15/h2-10H,11-13H2,1H3,(H,21,24)(H,23,25)/b22-14-. The van der Waals surface area contributed by atoms with Gasteiger partial charge in [-0.3, -0.25) is 9.59 Å². The van der Waals surface area contributed by atoms with Crippen LogP contribution >= 0.6 is 23.4 Å². The summed E-state index contributed by atoms with van der Waals surface area (Å²) in [6, 6.07) is 16.7. The highest BCUT2D eigenvalue weighted by Crippen LogP contribution is 2.15. The molecule has 2 aromatic rings. The average Bonchev–Trinajstić information content (AvgIpc) is 2.62. The van der Waals surface area contributed by atoms with E-state index < -0.39 is 0 Å². The molecule has 0 fully saturated rings. The largest absolute Gasteiger partial charge is 0.326 e. The van der Waals surface area contributed by atoms with Crippen molar-refractivity contribution in [2.75, 3.05) is 11.1 Å². The van der Waals surface area contributed by atoms with Crippen LogP contribution in [0, 0.1) is 0 Å². The normalized spacial score (nSPS) is 11.1. The molecule has 0 heterocycles. The number of halogens is 1. The van der Waals surface area contributed by atoms with Gasteiger partial charge in [-0.1, -0.05) is 41.9 Å². The van der Waals surface area contributed by atoms with Crippen LogP contribution in [0.25, 0.3) is 0 Å². The number of hydrazone groups is 1. The van der Waals surface area contributed by atoms with Crippen molar-refractivity contribution in [2.45, 2.75) is 19.1 Å². The van der Waals surface area contributed by atoms with Crippen molar-refractivity contribution in [1.82, 2.24) is 5.43 Å². The molecule has 0 bridgehead atoms. The smallest absolute Gasteiger partial charge is 0.250 e. The molecule has 2 amide bonds. The average molecular weight is 390 g/mol. The highest BCUT2D eigenvalue weighted by Gasteiger charge is 2.06. The summed E-state index contributed by atoms with van der Waals surface area (Å²) in [4.78, 5) is 23.7. The fourth-order valence-electron chi connectivity index (χ4n) is 2.03. The maximum Gasteiger partial charge on any atom is 0.250 e. The molecule has 0 atom stereocenters. The summed E-state index contributed by atoms with van der Waals surface area (Å²) in [5.41, 5.74) is 4.84. The Labute approximate surface area is 162 Å². The molecule has 0 aliphatic rings. The number of para-hydroxylation sites is 1. The molecule has 0 aliphatic carbocycles. The third-order valence-electron chi connectivity index (χ3n) is 3.26. The van der Waals surface area contributed by atoms with E-state index in [2.05, 4.69) is 15.8 Å². The minimum Gasteiger partial charge on any atom is -0.326 e. The molecule has 5 nitrogen and oxygen atoms in total. The summed E-state index contributed by atoms with van der Waals surface area (Å²) < 4.78 is 0. The molecule has 2 aromatic carbocycles. The van der Waals surface area contributed by atoms with Crippen LogP contribution < -0.4 is 10.7 Å². The van der Waals surface area contributed by atoms with Gasteiger partial charge in [0.25, 0.3) is 0 Å². The van der Waals surface area contributed by atoms with Gasteiger partial charge in [0, 0.05) is 22.2 Å². The zero-order chi connectivity index (χ0) is 18.8. The van der Waals surface area contributed by atoms with Crippen LogP contribution in [0.15, 0.2) is 59.7 Å². The quantitative estimate of drug-likeness (QED) is 0.527. The molecule has 0 aliphatic heterocycles. The maximum atomic E-state index is 11.9. The number of nitrogens with one attached hydrogen (secondary N) is 2. The summed E-state index contributed by atoms with van der Waals surface area (Å²) in [5.74, 6) is 0.623. The van der Waals surface area contributed by atoms with Crippen LogP contribution in [0.1, 0.15) is 18.9 Å². The monoisotopic (exact) mass is 389 g/mol. The molecule has 0 saturated carbocycles. The Morgan fingerprint density at radius 3 is 2.42 bits per heavy atom. The summed E-state index contributed by atoms with van der Waals surface area (Å²) in [5, 5.41) is 7.43. The Morgan fingerprint density at radius 1 is 1.04 bits per heavy atom. The lowest BCUT2D eigenvalue weighted by Gasteiger charge is -2.05. The first-order chi connectivity index (χ1) is 12.5. The van der Waals surface area contributed by atoms with E-state index in [9.17, 15) is 9.59 Å². The molecule has 0 unspecified atom stereocenters. The first kappa shape index (κ1) is 20.0. The van der Waals surface area contributed by atoms with Crippen LogP contribution in [0.5, 0.6) is 0 Å². The fraction of sp³-hybridized carbons (Fsp3) is 0.211. The van der Waals surface area contributed by atoms with Gasteiger partial charge < -0.3 is 5.32 Å². The number of rotatable bonds is 8. The number of thioether (sulfide) groups is 1. The number of anilines is 1. The second-order valence-electron chi connectivity index (χ2n) is 5.59. The minimum absolute atomic E-state index is 0.118. The Morgan fingerprint density at radius 2 is 1.73 bits per heavy atom. The zero-order valence-electron chi connectivity index (χ0n) is 14.4. The van der Waals surface area contributed by atoms with Crippen molar-refractivity contribution in [3.05, 3.63) is 65.2 Å². The van der Waals surface area contributed by atoms with Crippen LogP contribution in [-0.4, -0.2) is 23.3 Å². The van der Waals surface area contributed by atoms with Gasteiger partial charge in [0.1, 0.15) is 0 Å². The summed E-state index contributed by atoms with van der Waals surface area (Å²) in [6.45, 7) is 1.70. The highest BCUT2D eigenvalue weighted by molar-refractivity contribution is 7.99. The Kier molecular flexibility index (Phi) is 8.18. The van der Waals surface area contributed by atoms with Gasteiger partial charge >= 0.3 is 0 Å². The van der Waals surface area contributed by atoms with Gasteiger partial charge in [0.15, 0.2) is 0 Å².